The third kappa shape index (κ3) is 2.95. The Labute approximate surface area is 120 Å². The molecular weight excluding hydrogens is 304 g/mol. The fourth-order valence-electron chi connectivity index (χ4n) is 1.61. The van der Waals surface area contributed by atoms with Crippen molar-refractivity contribution in [3.8, 4) is 6.07 Å². The maximum absolute atomic E-state index is 12.3. The summed E-state index contributed by atoms with van der Waals surface area (Å²) < 4.78 is 28.4. The number of rotatable bonds is 3. The van der Waals surface area contributed by atoms with E-state index in [2.05, 4.69) is 4.37 Å². The van der Waals surface area contributed by atoms with Crippen molar-refractivity contribution in [2.75, 3.05) is 0 Å². The van der Waals surface area contributed by atoms with Crippen molar-refractivity contribution >= 4 is 33.0 Å². The number of nitrogens with zero attached hydrogens (tertiary/aromatic N) is 2. The number of hydrogen-bond acceptors (Lipinski definition) is 5. The number of aryl methyl sites for hydroxylation is 1. The minimum Gasteiger partial charge on any atom is -0.222 e. The van der Waals surface area contributed by atoms with Crippen LogP contribution >= 0.6 is 23.1 Å². The molecule has 0 radical (unpaired) electrons. The molecule has 0 saturated carbocycles. The van der Waals surface area contributed by atoms with Gasteiger partial charge in [-0.2, -0.15) is 9.64 Å². The Kier molecular flexibility index (Phi) is 3.90. The van der Waals surface area contributed by atoms with E-state index in [4.69, 9.17) is 16.9 Å². The summed E-state index contributed by atoms with van der Waals surface area (Å²) in [6.07, 6.45) is 0. The second-order valence-electron chi connectivity index (χ2n) is 3.92. The van der Waals surface area contributed by atoms with Crippen LogP contribution in [0.15, 0.2) is 29.3 Å². The standard InChI is InChI=1S/C12H9ClN2O2S2/c1-8-11(6-14)12(15-18-8)19(16,17)7-9-3-2-4-10(13)5-9/h2-5H,7H2,1H3. The van der Waals surface area contributed by atoms with Crippen molar-refractivity contribution in [1.82, 2.24) is 4.37 Å². The molecule has 0 aliphatic rings. The predicted octanol–water partition coefficient (Wildman–Crippen LogP) is 2.95. The fraction of sp³-hybridized carbons (Fsp3) is 0.167. The second-order valence-corrected chi connectivity index (χ2v) is 7.24. The Morgan fingerprint density at radius 2 is 2.21 bits per heavy atom. The normalized spacial score (nSPS) is 11.2. The summed E-state index contributed by atoms with van der Waals surface area (Å²) in [6.45, 7) is 1.68. The van der Waals surface area contributed by atoms with Crippen LogP contribution in [0, 0.1) is 18.3 Å². The van der Waals surface area contributed by atoms with Gasteiger partial charge in [0.05, 0.1) is 5.75 Å². The molecule has 98 valence electrons. The Morgan fingerprint density at radius 1 is 1.47 bits per heavy atom. The average molecular weight is 313 g/mol. The van der Waals surface area contributed by atoms with Gasteiger partial charge in [-0.3, -0.25) is 0 Å². The zero-order valence-corrected chi connectivity index (χ0v) is 12.3. The van der Waals surface area contributed by atoms with E-state index < -0.39 is 9.84 Å². The summed E-state index contributed by atoms with van der Waals surface area (Å²) in [6, 6.07) is 8.51. The van der Waals surface area contributed by atoms with E-state index in [0.29, 0.717) is 15.5 Å². The highest BCUT2D eigenvalue weighted by Gasteiger charge is 2.24. The molecule has 2 rings (SSSR count). The van der Waals surface area contributed by atoms with E-state index in [-0.39, 0.29) is 16.3 Å². The van der Waals surface area contributed by atoms with E-state index in [9.17, 15) is 8.42 Å². The highest BCUT2D eigenvalue weighted by molar-refractivity contribution is 7.90. The van der Waals surface area contributed by atoms with Gasteiger partial charge in [-0.05, 0) is 36.2 Å². The quantitative estimate of drug-likeness (QED) is 0.873. The van der Waals surface area contributed by atoms with Gasteiger partial charge in [-0.1, -0.05) is 23.7 Å². The van der Waals surface area contributed by atoms with E-state index in [0.717, 1.165) is 11.5 Å². The molecule has 1 aromatic carbocycles. The third-order valence-corrected chi connectivity index (χ3v) is 5.18. The maximum atomic E-state index is 12.3. The van der Waals surface area contributed by atoms with Gasteiger partial charge in [0.25, 0.3) is 0 Å². The first-order valence-electron chi connectivity index (χ1n) is 5.27. The molecule has 0 unspecified atom stereocenters. The summed E-state index contributed by atoms with van der Waals surface area (Å²) in [7, 11) is -3.63. The lowest BCUT2D eigenvalue weighted by molar-refractivity contribution is 0.592. The van der Waals surface area contributed by atoms with Crippen LogP contribution in [0.5, 0.6) is 0 Å². The highest BCUT2D eigenvalue weighted by atomic mass is 35.5. The fourth-order valence-corrected chi connectivity index (χ4v) is 4.26. The van der Waals surface area contributed by atoms with Gasteiger partial charge in [0.2, 0.25) is 9.84 Å². The van der Waals surface area contributed by atoms with Crippen molar-refractivity contribution < 1.29 is 8.42 Å². The summed E-state index contributed by atoms with van der Waals surface area (Å²) in [5.74, 6) is -0.217. The van der Waals surface area contributed by atoms with Crippen LogP contribution in [0.4, 0.5) is 0 Å². The van der Waals surface area contributed by atoms with Crippen LogP contribution < -0.4 is 0 Å². The molecule has 0 aliphatic heterocycles. The van der Waals surface area contributed by atoms with Crippen LogP contribution in [-0.2, 0) is 15.6 Å². The number of halogens is 1. The zero-order valence-electron chi connectivity index (χ0n) is 9.92. The number of sulfone groups is 1. The van der Waals surface area contributed by atoms with E-state index >= 15 is 0 Å². The molecule has 7 heteroatoms. The number of benzene rings is 1. The molecule has 0 saturated heterocycles. The molecule has 4 nitrogen and oxygen atoms in total. The van der Waals surface area contributed by atoms with Crippen molar-refractivity contribution in [1.29, 1.82) is 5.26 Å². The van der Waals surface area contributed by atoms with E-state index in [1.54, 1.807) is 31.2 Å². The minimum absolute atomic E-state index is 0.132. The molecule has 0 atom stereocenters. The maximum Gasteiger partial charge on any atom is 0.202 e. The molecule has 1 heterocycles. The Morgan fingerprint density at radius 3 is 2.84 bits per heavy atom. The topological polar surface area (TPSA) is 70.8 Å². The van der Waals surface area contributed by atoms with Crippen LogP contribution in [0.3, 0.4) is 0 Å². The average Bonchev–Trinajstić information content (AvgIpc) is 2.70. The molecular formula is C12H9ClN2O2S2. The molecule has 0 N–H and O–H groups in total. The predicted molar refractivity (Wildman–Crippen MR) is 73.9 cm³/mol. The number of aromatic nitrogens is 1. The summed E-state index contributed by atoms with van der Waals surface area (Å²) in [5.41, 5.74) is 0.703. The highest BCUT2D eigenvalue weighted by Crippen LogP contribution is 2.25. The van der Waals surface area contributed by atoms with Gasteiger partial charge in [0.15, 0.2) is 5.03 Å². The smallest absolute Gasteiger partial charge is 0.202 e. The van der Waals surface area contributed by atoms with Crippen LogP contribution in [-0.4, -0.2) is 12.8 Å². The zero-order chi connectivity index (χ0) is 14.0. The van der Waals surface area contributed by atoms with E-state index in [1.807, 2.05) is 6.07 Å². The number of nitriles is 1. The van der Waals surface area contributed by atoms with Gasteiger partial charge in [0.1, 0.15) is 11.6 Å². The molecule has 2 aromatic rings. The van der Waals surface area contributed by atoms with Crippen molar-refractivity contribution in [3.63, 3.8) is 0 Å². The largest absolute Gasteiger partial charge is 0.222 e. The van der Waals surface area contributed by atoms with Crippen LogP contribution in [0.1, 0.15) is 16.0 Å². The second kappa shape index (κ2) is 5.29. The van der Waals surface area contributed by atoms with Crippen molar-refractivity contribution in [2.45, 2.75) is 17.7 Å². The van der Waals surface area contributed by atoms with Gasteiger partial charge < -0.3 is 0 Å². The molecule has 19 heavy (non-hydrogen) atoms. The minimum atomic E-state index is -3.63. The molecule has 1 aromatic heterocycles. The van der Waals surface area contributed by atoms with Gasteiger partial charge in [0, 0.05) is 9.90 Å². The Bertz CT molecular complexity index is 760. The lowest BCUT2D eigenvalue weighted by Gasteiger charge is -2.02. The lowest BCUT2D eigenvalue weighted by Crippen LogP contribution is -2.07. The van der Waals surface area contributed by atoms with Gasteiger partial charge in [-0.15, -0.1) is 0 Å². The molecule has 0 spiro atoms. The summed E-state index contributed by atoms with van der Waals surface area (Å²) in [4.78, 5) is 0.604. The Hall–Kier alpha value is -1.42. The summed E-state index contributed by atoms with van der Waals surface area (Å²) in [5, 5.41) is 9.33. The first-order chi connectivity index (χ1) is 8.94. The molecule has 0 bridgehead atoms. The first kappa shape index (κ1) is 14.0. The Balaban J connectivity index is 2.41. The lowest BCUT2D eigenvalue weighted by atomic mass is 10.2. The monoisotopic (exact) mass is 312 g/mol. The molecule has 0 aliphatic carbocycles. The molecule has 0 amide bonds. The van der Waals surface area contributed by atoms with Crippen LogP contribution in [0.2, 0.25) is 5.02 Å². The number of hydrogen-bond donors (Lipinski definition) is 0. The van der Waals surface area contributed by atoms with Gasteiger partial charge >= 0.3 is 0 Å². The first-order valence-corrected chi connectivity index (χ1v) is 8.08. The third-order valence-electron chi connectivity index (χ3n) is 2.48. The van der Waals surface area contributed by atoms with Crippen molar-refractivity contribution in [2.24, 2.45) is 0 Å². The van der Waals surface area contributed by atoms with Crippen LogP contribution in [0.25, 0.3) is 0 Å². The van der Waals surface area contributed by atoms with Gasteiger partial charge in [-0.25, -0.2) is 8.42 Å². The summed E-state index contributed by atoms with van der Waals surface area (Å²) >= 11 is 6.84. The van der Waals surface area contributed by atoms with Crippen molar-refractivity contribution in [3.05, 3.63) is 45.3 Å². The molecule has 0 fully saturated rings. The SMILES string of the molecule is Cc1snc(S(=O)(=O)Cc2cccc(Cl)c2)c1C#N. The van der Waals surface area contributed by atoms with E-state index in [1.165, 1.54) is 0 Å².